The molecule has 0 aromatic rings. The zero-order valence-corrected chi connectivity index (χ0v) is 10.1. The number of nitrogens with two attached hydrogens (primary N) is 1. The first-order valence-corrected chi connectivity index (χ1v) is 6.10. The molecule has 2 N–H and O–H groups in total. The van der Waals surface area contributed by atoms with Crippen LogP contribution in [0.5, 0.6) is 0 Å². The SMILES string of the molecule is COCC(C)OCC(N)C1CCCCC1. The van der Waals surface area contributed by atoms with Crippen LogP contribution in [0.25, 0.3) is 0 Å². The highest BCUT2D eigenvalue weighted by Crippen LogP contribution is 2.25. The van der Waals surface area contributed by atoms with Crippen LogP contribution in [-0.2, 0) is 9.47 Å². The predicted molar refractivity (Wildman–Crippen MR) is 61.8 cm³/mol. The number of methoxy groups -OCH3 is 1. The van der Waals surface area contributed by atoms with Crippen molar-refractivity contribution in [3.8, 4) is 0 Å². The molecule has 0 radical (unpaired) electrons. The molecule has 0 bridgehead atoms. The molecule has 2 atom stereocenters. The molecule has 90 valence electrons. The lowest BCUT2D eigenvalue weighted by Crippen LogP contribution is -2.37. The fourth-order valence-electron chi connectivity index (χ4n) is 2.26. The van der Waals surface area contributed by atoms with Gasteiger partial charge in [-0.2, -0.15) is 0 Å². The van der Waals surface area contributed by atoms with Gasteiger partial charge in [0.05, 0.1) is 19.3 Å². The number of rotatable bonds is 6. The van der Waals surface area contributed by atoms with Gasteiger partial charge in [0.15, 0.2) is 0 Å². The molecule has 1 saturated carbocycles. The fourth-order valence-corrected chi connectivity index (χ4v) is 2.26. The van der Waals surface area contributed by atoms with Crippen molar-refractivity contribution in [1.29, 1.82) is 0 Å². The van der Waals surface area contributed by atoms with Crippen LogP contribution in [0, 0.1) is 5.92 Å². The zero-order chi connectivity index (χ0) is 11.1. The van der Waals surface area contributed by atoms with E-state index in [0.717, 1.165) is 0 Å². The van der Waals surface area contributed by atoms with Crippen LogP contribution < -0.4 is 5.73 Å². The Hall–Kier alpha value is -0.120. The third-order valence-electron chi connectivity index (χ3n) is 3.23. The Balaban J connectivity index is 2.13. The molecule has 3 heteroatoms. The van der Waals surface area contributed by atoms with Crippen molar-refractivity contribution >= 4 is 0 Å². The van der Waals surface area contributed by atoms with Gasteiger partial charge in [0.2, 0.25) is 0 Å². The van der Waals surface area contributed by atoms with Gasteiger partial charge in [-0.05, 0) is 25.7 Å². The molecule has 0 saturated heterocycles. The average Bonchev–Trinajstić information content (AvgIpc) is 2.27. The maximum absolute atomic E-state index is 6.13. The molecule has 1 aliphatic carbocycles. The maximum Gasteiger partial charge on any atom is 0.0781 e. The average molecular weight is 215 g/mol. The fraction of sp³-hybridized carbons (Fsp3) is 1.00. The third-order valence-corrected chi connectivity index (χ3v) is 3.23. The van der Waals surface area contributed by atoms with E-state index >= 15 is 0 Å². The highest BCUT2D eigenvalue weighted by atomic mass is 16.5. The second kappa shape index (κ2) is 7.20. The second-order valence-electron chi connectivity index (χ2n) is 4.66. The number of hydrogen-bond acceptors (Lipinski definition) is 3. The van der Waals surface area contributed by atoms with Crippen molar-refractivity contribution in [3.05, 3.63) is 0 Å². The smallest absolute Gasteiger partial charge is 0.0781 e. The van der Waals surface area contributed by atoms with Crippen LogP contribution >= 0.6 is 0 Å². The minimum Gasteiger partial charge on any atom is -0.382 e. The van der Waals surface area contributed by atoms with E-state index in [2.05, 4.69) is 0 Å². The third kappa shape index (κ3) is 4.96. The summed E-state index contributed by atoms with van der Waals surface area (Å²) < 4.78 is 10.7. The van der Waals surface area contributed by atoms with Crippen LogP contribution in [0.15, 0.2) is 0 Å². The molecular weight excluding hydrogens is 190 g/mol. The van der Waals surface area contributed by atoms with Gasteiger partial charge in [0.1, 0.15) is 0 Å². The van der Waals surface area contributed by atoms with E-state index in [1.165, 1.54) is 32.1 Å². The first kappa shape index (κ1) is 12.9. The predicted octanol–water partition coefficient (Wildman–Crippen LogP) is 1.95. The molecule has 0 spiro atoms. The molecule has 1 fully saturated rings. The first-order chi connectivity index (χ1) is 7.24. The molecule has 1 aliphatic rings. The second-order valence-corrected chi connectivity index (χ2v) is 4.66. The van der Waals surface area contributed by atoms with Gasteiger partial charge in [-0.3, -0.25) is 0 Å². The first-order valence-electron chi connectivity index (χ1n) is 6.10. The minimum absolute atomic E-state index is 0.157. The lowest BCUT2D eigenvalue weighted by Gasteiger charge is -2.28. The van der Waals surface area contributed by atoms with Crippen LogP contribution in [0.4, 0.5) is 0 Å². The lowest BCUT2D eigenvalue weighted by molar-refractivity contribution is -0.00417. The molecular formula is C12H25NO2. The largest absolute Gasteiger partial charge is 0.382 e. The van der Waals surface area contributed by atoms with Crippen LogP contribution in [0.3, 0.4) is 0 Å². The summed E-state index contributed by atoms with van der Waals surface area (Å²) in [5, 5.41) is 0. The van der Waals surface area contributed by atoms with Crippen molar-refractivity contribution < 1.29 is 9.47 Å². The Morgan fingerprint density at radius 2 is 1.87 bits per heavy atom. The van der Waals surface area contributed by atoms with Crippen molar-refractivity contribution in [2.45, 2.75) is 51.2 Å². The molecule has 0 aliphatic heterocycles. The topological polar surface area (TPSA) is 44.5 Å². The summed E-state index contributed by atoms with van der Waals surface area (Å²) in [7, 11) is 1.70. The van der Waals surface area contributed by atoms with E-state index in [9.17, 15) is 0 Å². The molecule has 3 nitrogen and oxygen atoms in total. The molecule has 15 heavy (non-hydrogen) atoms. The molecule has 2 unspecified atom stereocenters. The van der Waals surface area contributed by atoms with Crippen molar-refractivity contribution in [2.75, 3.05) is 20.3 Å². The summed E-state index contributed by atoms with van der Waals surface area (Å²) in [4.78, 5) is 0. The Morgan fingerprint density at radius 3 is 2.47 bits per heavy atom. The van der Waals surface area contributed by atoms with Gasteiger partial charge >= 0.3 is 0 Å². The molecule has 0 aromatic carbocycles. The van der Waals surface area contributed by atoms with E-state index in [1.807, 2.05) is 6.92 Å². The summed E-state index contributed by atoms with van der Waals surface area (Å²) in [6.07, 6.45) is 6.78. The van der Waals surface area contributed by atoms with Gasteiger partial charge in [0, 0.05) is 13.2 Å². The van der Waals surface area contributed by atoms with Crippen molar-refractivity contribution in [1.82, 2.24) is 0 Å². The Morgan fingerprint density at radius 1 is 1.20 bits per heavy atom. The summed E-state index contributed by atoms with van der Waals surface area (Å²) in [5.74, 6) is 0.675. The Bertz CT molecular complexity index is 158. The lowest BCUT2D eigenvalue weighted by atomic mass is 9.84. The monoisotopic (exact) mass is 215 g/mol. The standard InChI is InChI=1S/C12H25NO2/c1-10(8-14-2)15-9-12(13)11-6-4-3-5-7-11/h10-12H,3-9,13H2,1-2H3. The van der Waals surface area contributed by atoms with Gasteiger partial charge in [-0.15, -0.1) is 0 Å². The summed E-state index contributed by atoms with van der Waals surface area (Å²) in [6, 6.07) is 0.213. The number of ether oxygens (including phenoxy) is 2. The van der Waals surface area contributed by atoms with Gasteiger partial charge < -0.3 is 15.2 Å². The summed E-state index contributed by atoms with van der Waals surface area (Å²) in [6.45, 7) is 3.35. The van der Waals surface area contributed by atoms with Crippen molar-refractivity contribution in [3.63, 3.8) is 0 Å². The highest BCUT2D eigenvalue weighted by Gasteiger charge is 2.21. The molecule has 0 amide bonds. The van der Waals surface area contributed by atoms with E-state index in [-0.39, 0.29) is 12.1 Å². The summed E-state index contributed by atoms with van der Waals surface area (Å²) >= 11 is 0. The van der Waals surface area contributed by atoms with E-state index in [1.54, 1.807) is 7.11 Å². The van der Waals surface area contributed by atoms with E-state index in [0.29, 0.717) is 19.1 Å². The Labute approximate surface area is 93.3 Å². The molecule has 0 heterocycles. The van der Waals surface area contributed by atoms with Gasteiger partial charge in [-0.1, -0.05) is 19.3 Å². The van der Waals surface area contributed by atoms with Gasteiger partial charge in [0.25, 0.3) is 0 Å². The molecule has 0 aromatic heterocycles. The van der Waals surface area contributed by atoms with Crippen molar-refractivity contribution in [2.24, 2.45) is 11.7 Å². The highest BCUT2D eigenvalue weighted by molar-refractivity contribution is 4.76. The van der Waals surface area contributed by atoms with Gasteiger partial charge in [-0.25, -0.2) is 0 Å². The molecule has 1 rings (SSSR count). The normalized spacial score (nSPS) is 22.6. The Kier molecular flexibility index (Phi) is 6.22. The minimum atomic E-state index is 0.157. The quantitative estimate of drug-likeness (QED) is 0.736. The van der Waals surface area contributed by atoms with E-state index < -0.39 is 0 Å². The van der Waals surface area contributed by atoms with Crippen LogP contribution in [-0.4, -0.2) is 32.5 Å². The number of hydrogen-bond donors (Lipinski definition) is 1. The zero-order valence-electron chi connectivity index (χ0n) is 10.1. The maximum atomic E-state index is 6.13. The van der Waals surface area contributed by atoms with Crippen LogP contribution in [0.1, 0.15) is 39.0 Å². The van der Waals surface area contributed by atoms with E-state index in [4.69, 9.17) is 15.2 Å². The van der Waals surface area contributed by atoms with Crippen LogP contribution in [0.2, 0.25) is 0 Å². The summed E-state index contributed by atoms with van der Waals surface area (Å²) in [5.41, 5.74) is 6.13.